The summed E-state index contributed by atoms with van der Waals surface area (Å²) >= 11 is 0. The number of fused-ring (bicyclic) bond motifs is 3. The van der Waals surface area contributed by atoms with E-state index in [0.717, 1.165) is 35.7 Å². The number of aromatic nitrogens is 2. The Balaban J connectivity index is 1.67. The van der Waals surface area contributed by atoms with Crippen LogP contribution in [0.25, 0.3) is 22.1 Å². The summed E-state index contributed by atoms with van der Waals surface area (Å²) < 4.78 is 29.6. The minimum Gasteiger partial charge on any atom is -0.450 e. The van der Waals surface area contributed by atoms with Gasteiger partial charge in [-0.05, 0) is 31.4 Å². The van der Waals surface area contributed by atoms with Gasteiger partial charge in [-0.2, -0.15) is 0 Å². The second-order valence-corrected chi connectivity index (χ2v) is 8.78. The average Bonchev–Trinajstić information content (AvgIpc) is 2.94. The standard InChI is InChI=1S/C17H19N3O3S/c1-24(21,22)12-6-4-5-11(9-12)20-17-16-15(18-10-19-17)13-7-2-3-8-14(13)23-16/h2-3,7-8,10-12H,4-6,9H2,1H3,(H,18,19,20). The Morgan fingerprint density at radius 3 is 2.88 bits per heavy atom. The molecular formula is C17H19N3O3S. The zero-order chi connectivity index (χ0) is 16.7. The van der Waals surface area contributed by atoms with Crippen LogP contribution in [0.2, 0.25) is 0 Å². The number of furan rings is 1. The molecule has 0 radical (unpaired) electrons. The van der Waals surface area contributed by atoms with Gasteiger partial charge in [0.05, 0.1) is 5.25 Å². The number of para-hydroxylation sites is 1. The maximum Gasteiger partial charge on any atom is 0.196 e. The summed E-state index contributed by atoms with van der Waals surface area (Å²) in [6.45, 7) is 0. The summed E-state index contributed by atoms with van der Waals surface area (Å²) in [5, 5.41) is 4.05. The van der Waals surface area contributed by atoms with E-state index in [-0.39, 0.29) is 11.3 Å². The van der Waals surface area contributed by atoms with E-state index in [1.54, 1.807) is 0 Å². The highest BCUT2D eigenvalue weighted by atomic mass is 32.2. The van der Waals surface area contributed by atoms with Crippen molar-refractivity contribution in [2.75, 3.05) is 11.6 Å². The van der Waals surface area contributed by atoms with Gasteiger partial charge in [0.1, 0.15) is 27.3 Å². The van der Waals surface area contributed by atoms with Gasteiger partial charge in [0.2, 0.25) is 0 Å². The number of rotatable bonds is 3. The van der Waals surface area contributed by atoms with E-state index in [2.05, 4.69) is 15.3 Å². The highest BCUT2D eigenvalue weighted by Gasteiger charge is 2.29. The molecule has 1 aliphatic carbocycles. The molecule has 4 rings (SSSR count). The molecule has 2 unspecified atom stereocenters. The minimum atomic E-state index is -3.01. The lowest BCUT2D eigenvalue weighted by Crippen LogP contribution is -2.34. The number of benzene rings is 1. The molecule has 126 valence electrons. The van der Waals surface area contributed by atoms with E-state index in [0.29, 0.717) is 17.8 Å². The summed E-state index contributed by atoms with van der Waals surface area (Å²) in [5.41, 5.74) is 2.17. The molecule has 24 heavy (non-hydrogen) atoms. The zero-order valence-corrected chi connectivity index (χ0v) is 14.2. The van der Waals surface area contributed by atoms with Crippen molar-refractivity contribution in [1.82, 2.24) is 9.97 Å². The molecular weight excluding hydrogens is 326 g/mol. The molecule has 1 aliphatic rings. The van der Waals surface area contributed by atoms with Crippen LogP contribution in [-0.4, -0.2) is 35.9 Å². The Bertz CT molecular complexity index is 997. The fourth-order valence-corrected chi connectivity index (χ4v) is 4.66. The van der Waals surface area contributed by atoms with Crippen LogP contribution >= 0.6 is 0 Å². The van der Waals surface area contributed by atoms with Crippen LogP contribution in [0.4, 0.5) is 5.82 Å². The third-order valence-electron chi connectivity index (χ3n) is 4.73. The second kappa shape index (κ2) is 5.73. The highest BCUT2D eigenvalue weighted by Crippen LogP contribution is 2.32. The second-order valence-electron chi connectivity index (χ2n) is 6.46. The summed E-state index contributed by atoms with van der Waals surface area (Å²) in [7, 11) is -3.01. The summed E-state index contributed by atoms with van der Waals surface area (Å²) in [6.07, 6.45) is 6.00. The Kier molecular flexibility index (Phi) is 3.68. The van der Waals surface area contributed by atoms with Crippen LogP contribution in [0.5, 0.6) is 0 Å². The first-order valence-electron chi connectivity index (χ1n) is 8.10. The molecule has 0 bridgehead atoms. The lowest BCUT2D eigenvalue weighted by atomic mass is 9.95. The molecule has 6 nitrogen and oxygen atoms in total. The zero-order valence-electron chi connectivity index (χ0n) is 13.4. The minimum absolute atomic E-state index is 0.0739. The van der Waals surface area contributed by atoms with E-state index in [4.69, 9.17) is 4.42 Å². The molecule has 0 amide bonds. The van der Waals surface area contributed by atoms with Gasteiger partial charge >= 0.3 is 0 Å². The van der Waals surface area contributed by atoms with E-state index < -0.39 is 9.84 Å². The Hall–Kier alpha value is -2.15. The van der Waals surface area contributed by atoms with Gasteiger partial charge in [-0.15, -0.1) is 0 Å². The molecule has 1 aromatic carbocycles. The van der Waals surface area contributed by atoms with Gasteiger partial charge in [-0.25, -0.2) is 18.4 Å². The van der Waals surface area contributed by atoms with Crippen LogP contribution in [0.15, 0.2) is 35.0 Å². The van der Waals surface area contributed by atoms with E-state index >= 15 is 0 Å². The van der Waals surface area contributed by atoms with Gasteiger partial charge in [0.25, 0.3) is 0 Å². The normalized spacial score (nSPS) is 22.0. The fourth-order valence-electron chi connectivity index (χ4n) is 3.48. The van der Waals surface area contributed by atoms with Gasteiger partial charge in [-0.1, -0.05) is 18.6 Å². The molecule has 1 fully saturated rings. The first kappa shape index (κ1) is 15.4. The molecule has 2 aromatic heterocycles. The van der Waals surface area contributed by atoms with Crippen LogP contribution in [0.1, 0.15) is 25.7 Å². The molecule has 7 heteroatoms. The SMILES string of the molecule is CS(=O)(=O)C1CCCC(Nc2ncnc3c2oc2ccccc23)C1. The predicted molar refractivity (Wildman–Crippen MR) is 93.8 cm³/mol. The topological polar surface area (TPSA) is 85.1 Å². The Morgan fingerprint density at radius 2 is 2.04 bits per heavy atom. The van der Waals surface area contributed by atoms with Crippen molar-refractivity contribution in [1.29, 1.82) is 0 Å². The van der Waals surface area contributed by atoms with E-state index in [1.165, 1.54) is 12.6 Å². The van der Waals surface area contributed by atoms with Gasteiger partial charge < -0.3 is 9.73 Å². The van der Waals surface area contributed by atoms with Crippen molar-refractivity contribution in [2.24, 2.45) is 0 Å². The molecule has 0 aliphatic heterocycles. The Morgan fingerprint density at radius 1 is 1.21 bits per heavy atom. The lowest BCUT2D eigenvalue weighted by molar-refractivity contribution is 0.452. The van der Waals surface area contributed by atoms with Crippen LogP contribution in [0.3, 0.4) is 0 Å². The number of nitrogens with one attached hydrogen (secondary N) is 1. The fraction of sp³-hybridized carbons (Fsp3) is 0.412. The molecule has 2 heterocycles. The van der Waals surface area contributed by atoms with Crippen molar-refractivity contribution < 1.29 is 12.8 Å². The third kappa shape index (κ3) is 2.73. The maximum absolute atomic E-state index is 11.8. The number of sulfone groups is 1. The Labute approximate surface area is 140 Å². The van der Waals surface area contributed by atoms with Gasteiger partial charge in [0, 0.05) is 17.7 Å². The molecule has 0 saturated heterocycles. The average molecular weight is 345 g/mol. The monoisotopic (exact) mass is 345 g/mol. The lowest BCUT2D eigenvalue weighted by Gasteiger charge is -2.28. The van der Waals surface area contributed by atoms with Crippen molar-refractivity contribution in [3.05, 3.63) is 30.6 Å². The van der Waals surface area contributed by atoms with E-state index in [9.17, 15) is 8.42 Å². The number of hydrogen-bond donors (Lipinski definition) is 1. The summed E-state index contributed by atoms with van der Waals surface area (Å²) in [6, 6.07) is 7.82. The van der Waals surface area contributed by atoms with Gasteiger partial charge in [0.15, 0.2) is 11.4 Å². The molecule has 1 saturated carbocycles. The molecule has 2 atom stereocenters. The van der Waals surface area contributed by atoms with Gasteiger partial charge in [-0.3, -0.25) is 0 Å². The smallest absolute Gasteiger partial charge is 0.196 e. The summed E-state index contributed by atoms with van der Waals surface area (Å²) in [5.74, 6) is 0.635. The quantitative estimate of drug-likeness (QED) is 0.785. The first-order chi connectivity index (χ1) is 11.5. The van der Waals surface area contributed by atoms with Crippen molar-refractivity contribution >= 4 is 37.7 Å². The van der Waals surface area contributed by atoms with Crippen LogP contribution in [-0.2, 0) is 9.84 Å². The molecule has 3 aromatic rings. The number of anilines is 1. The predicted octanol–water partition coefficient (Wildman–Crippen LogP) is 3.14. The number of nitrogens with zero attached hydrogens (tertiary/aromatic N) is 2. The van der Waals surface area contributed by atoms with Crippen LogP contribution < -0.4 is 5.32 Å². The molecule has 0 spiro atoms. The third-order valence-corrected chi connectivity index (χ3v) is 6.37. The first-order valence-corrected chi connectivity index (χ1v) is 10.1. The number of hydrogen-bond acceptors (Lipinski definition) is 6. The van der Waals surface area contributed by atoms with Crippen molar-refractivity contribution in [2.45, 2.75) is 37.0 Å². The van der Waals surface area contributed by atoms with Crippen LogP contribution in [0, 0.1) is 0 Å². The summed E-state index contributed by atoms with van der Waals surface area (Å²) in [4.78, 5) is 8.65. The van der Waals surface area contributed by atoms with Crippen molar-refractivity contribution in [3.8, 4) is 0 Å². The van der Waals surface area contributed by atoms with Crippen molar-refractivity contribution in [3.63, 3.8) is 0 Å². The van der Waals surface area contributed by atoms with E-state index in [1.807, 2.05) is 24.3 Å². The molecule has 1 N–H and O–H groups in total. The maximum atomic E-state index is 11.8. The highest BCUT2D eigenvalue weighted by molar-refractivity contribution is 7.91. The largest absolute Gasteiger partial charge is 0.450 e.